The summed E-state index contributed by atoms with van der Waals surface area (Å²) >= 11 is 0. The maximum absolute atomic E-state index is 13.0. The fourth-order valence-electron chi connectivity index (χ4n) is 4.29. The van der Waals surface area contributed by atoms with E-state index < -0.39 is 0 Å². The molecular weight excluding hydrogens is 420 g/mol. The zero-order valence-corrected chi connectivity index (χ0v) is 18.5. The minimum atomic E-state index is -0.206. The van der Waals surface area contributed by atoms with Crippen LogP contribution in [0.4, 0.5) is 11.5 Å². The number of pyridine rings is 1. The fourth-order valence-corrected chi connectivity index (χ4v) is 4.29. The number of amides is 1. The highest BCUT2D eigenvalue weighted by Gasteiger charge is 2.31. The van der Waals surface area contributed by atoms with Gasteiger partial charge in [-0.3, -0.25) is 19.5 Å². The molecule has 1 aromatic carbocycles. The van der Waals surface area contributed by atoms with Crippen molar-refractivity contribution in [2.24, 2.45) is 4.99 Å². The number of aromatic nitrogens is 1. The van der Waals surface area contributed by atoms with E-state index in [0.717, 1.165) is 49.9 Å². The number of rotatable bonds is 5. The summed E-state index contributed by atoms with van der Waals surface area (Å²) in [5.74, 6) is 1.65. The van der Waals surface area contributed by atoms with Gasteiger partial charge < -0.3 is 20.3 Å². The number of ether oxygens (including phenoxy) is 1. The van der Waals surface area contributed by atoms with Crippen LogP contribution < -0.4 is 10.6 Å². The lowest BCUT2D eigenvalue weighted by Gasteiger charge is -2.34. The second-order valence-electron chi connectivity index (χ2n) is 8.22. The highest BCUT2D eigenvalue weighted by Crippen LogP contribution is 2.33. The quantitative estimate of drug-likeness (QED) is 0.536. The first-order chi connectivity index (χ1) is 16.1. The Balaban J connectivity index is 1.42. The van der Waals surface area contributed by atoms with Crippen molar-refractivity contribution in [3.05, 3.63) is 65.1 Å². The van der Waals surface area contributed by atoms with E-state index in [4.69, 9.17) is 9.73 Å². The van der Waals surface area contributed by atoms with Gasteiger partial charge in [0.1, 0.15) is 17.5 Å². The van der Waals surface area contributed by atoms with Crippen LogP contribution in [-0.4, -0.2) is 71.7 Å². The van der Waals surface area contributed by atoms with Crippen molar-refractivity contribution in [1.82, 2.24) is 14.8 Å². The van der Waals surface area contributed by atoms with Crippen LogP contribution in [0.2, 0.25) is 0 Å². The van der Waals surface area contributed by atoms with Gasteiger partial charge in [0.15, 0.2) is 5.78 Å². The maximum atomic E-state index is 13.0. The second-order valence-corrected chi connectivity index (χ2v) is 8.22. The number of carbonyl (C=O) groups excluding carboxylic acids is 2. The number of allylic oxidation sites excluding steroid dienone is 1. The zero-order chi connectivity index (χ0) is 22.8. The van der Waals surface area contributed by atoms with Gasteiger partial charge >= 0.3 is 0 Å². The first-order valence-electron chi connectivity index (χ1n) is 11.1. The molecular formula is C24H26N6O3. The third-order valence-electron chi connectivity index (χ3n) is 5.89. The zero-order valence-electron chi connectivity index (χ0n) is 18.5. The van der Waals surface area contributed by atoms with E-state index in [0.29, 0.717) is 30.3 Å². The van der Waals surface area contributed by atoms with Crippen LogP contribution in [0, 0.1) is 0 Å². The molecule has 0 saturated carbocycles. The van der Waals surface area contributed by atoms with Crippen LogP contribution in [0.5, 0.6) is 0 Å². The number of nitrogens with zero attached hydrogens (tertiary/aromatic N) is 4. The van der Waals surface area contributed by atoms with Gasteiger partial charge in [0.05, 0.1) is 25.4 Å². The van der Waals surface area contributed by atoms with Crippen molar-refractivity contribution in [2.45, 2.75) is 13.5 Å². The smallest absolute Gasteiger partial charge is 0.222 e. The largest absolute Gasteiger partial charge is 0.379 e. The van der Waals surface area contributed by atoms with Crippen molar-refractivity contribution in [1.29, 1.82) is 0 Å². The Bertz CT molecular complexity index is 1140. The molecule has 2 aromatic rings. The van der Waals surface area contributed by atoms with E-state index in [1.165, 1.54) is 18.7 Å². The van der Waals surface area contributed by atoms with Gasteiger partial charge in [-0.05, 0) is 23.8 Å². The standard InChI is InChI=1S/C24H26N6O3/c1-16(31)27-21-6-5-17(14-26-21)20(32)13-22-28-23-18(15-29-9-11-33-12-10-29)3-2-4-19(23)24-25-7-8-30(22)24/h2-6,13-14,28H,7-12,15H2,1H3,(H,26,27,31). The Morgan fingerprint density at radius 3 is 2.79 bits per heavy atom. The minimum absolute atomic E-state index is 0.167. The van der Waals surface area contributed by atoms with Gasteiger partial charge in [0.2, 0.25) is 5.91 Å². The summed E-state index contributed by atoms with van der Waals surface area (Å²) in [6, 6.07) is 9.55. The lowest BCUT2D eigenvalue weighted by Crippen LogP contribution is -2.38. The number of fused-ring (bicyclic) bond motifs is 3. The SMILES string of the molecule is CC(=O)Nc1ccc(C(=O)C=C2Nc3c(CN4CCOCC4)cccc3C3=NCCN23)cn1. The monoisotopic (exact) mass is 446 g/mol. The third-order valence-corrected chi connectivity index (χ3v) is 5.89. The molecule has 0 radical (unpaired) electrons. The Morgan fingerprint density at radius 2 is 2.03 bits per heavy atom. The van der Waals surface area contributed by atoms with Crippen molar-refractivity contribution >= 4 is 29.0 Å². The molecule has 33 heavy (non-hydrogen) atoms. The van der Waals surface area contributed by atoms with Crippen molar-refractivity contribution in [3.63, 3.8) is 0 Å². The summed E-state index contributed by atoms with van der Waals surface area (Å²) in [7, 11) is 0. The van der Waals surface area contributed by atoms with Crippen molar-refractivity contribution in [2.75, 3.05) is 50.0 Å². The summed E-state index contributed by atoms with van der Waals surface area (Å²) in [5, 5.41) is 6.12. The second kappa shape index (κ2) is 9.13. The maximum Gasteiger partial charge on any atom is 0.222 e. The number of ketones is 1. The molecule has 9 heteroatoms. The molecule has 0 aliphatic carbocycles. The minimum Gasteiger partial charge on any atom is -0.379 e. The molecule has 1 saturated heterocycles. The van der Waals surface area contributed by atoms with Crippen LogP contribution in [0.1, 0.15) is 28.4 Å². The average molecular weight is 447 g/mol. The molecule has 2 N–H and O–H groups in total. The number of para-hydroxylation sites is 1. The van der Waals surface area contributed by atoms with Crippen LogP contribution in [0.25, 0.3) is 0 Å². The van der Waals surface area contributed by atoms with Gasteiger partial charge in [0.25, 0.3) is 0 Å². The van der Waals surface area contributed by atoms with Gasteiger partial charge in [-0.2, -0.15) is 0 Å². The van der Waals surface area contributed by atoms with Crippen LogP contribution >= 0.6 is 0 Å². The topological polar surface area (TPSA) is 99.2 Å². The highest BCUT2D eigenvalue weighted by atomic mass is 16.5. The lowest BCUT2D eigenvalue weighted by atomic mass is 10.0. The first-order valence-corrected chi connectivity index (χ1v) is 11.1. The first kappa shape index (κ1) is 21.3. The Labute approximate surface area is 192 Å². The van der Waals surface area contributed by atoms with E-state index in [9.17, 15) is 9.59 Å². The van der Waals surface area contributed by atoms with Crippen molar-refractivity contribution in [3.8, 4) is 0 Å². The van der Waals surface area contributed by atoms with Crippen molar-refractivity contribution < 1.29 is 14.3 Å². The Morgan fingerprint density at radius 1 is 1.18 bits per heavy atom. The number of anilines is 2. The highest BCUT2D eigenvalue weighted by molar-refractivity contribution is 6.10. The average Bonchev–Trinajstić information content (AvgIpc) is 3.31. The van der Waals surface area contributed by atoms with Gasteiger partial charge in [-0.15, -0.1) is 0 Å². The molecule has 3 aliphatic heterocycles. The van der Waals surface area contributed by atoms with Crippen LogP contribution in [-0.2, 0) is 16.1 Å². The molecule has 1 amide bonds. The molecule has 4 heterocycles. The van der Waals surface area contributed by atoms with Gasteiger partial charge in [-0.1, -0.05) is 12.1 Å². The number of carbonyl (C=O) groups is 2. The molecule has 170 valence electrons. The van der Waals surface area contributed by atoms with E-state index >= 15 is 0 Å². The summed E-state index contributed by atoms with van der Waals surface area (Å²) in [4.78, 5) is 37.5. The molecule has 0 bridgehead atoms. The van der Waals surface area contributed by atoms with E-state index in [1.54, 1.807) is 18.2 Å². The number of hydrogen-bond acceptors (Lipinski definition) is 8. The molecule has 3 aliphatic rings. The molecule has 1 aromatic heterocycles. The summed E-state index contributed by atoms with van der Waals surface area (Å²) < 4.78 is 5.48. The van der Waals surface area contributed by atoms with E-state index in [1.807, 2.05) is 0 Å². The Kier molecular flexibility index (Phi) is 5.89. The number of benzene rings is 1. The molecule has 1 fully saturated rings. The van der Waals surface area contributed by atoms with Gasteiger partial charge in [-0.25, -0.2) is 4.98 Å². The summed E-state index contributed by atoms with van der Waals surface area (Å²) in [6.45, 7) is 6.92. The van der Waals surface area contributed by atoms with E-state index in [2.05, 4.69) is 43.6 Å². The molecule has 9 nitrogen and oxygen atoms in total. The fraction of sp³-hybridized carbons (Fsp3) is 0.333. The van der Waals surface area contributed by atoms with Crippen LogP contribution in [0.3, 0.4) is 0 Å². The lowest BCUT2D eigenvalue weighted by molar-refractivity contribution is -0.114. The predicted molar refractivity (Wildman–Crippen MR) is 125 cm³/mol. The van der Waals surface area contributed by atoms with Gasteiger partial charge in [0, 0.05) is 56.5 Å². The van der Waals surface area contributed by atoms with E-state index in [-0.39, 0.29) is 11.7 Å². The number of amidine groups is 1. The summed E-state index contributed by atoms with van der Waals surface area (Å²) in [6.07, 6.45) is 3.08. The predicted octanol–water partition coefficient (Wildman–Crippen LogP) is 2.08. The number of nitrogens with one attached hydrogen (secondary N) is 2. The third kappa shape index (κ3) is 4.50. The molecule has 5 rings (SSSR count). The number of hydrogen-bond donors (Lipinski definition) is 2. The summed E-state index contributed by atoms with van der Waals surface area (Å²) in [5.41, 5.74) is 3.68. The normalized spacial score (nSPS) is 18.9. The van der Waals surface area contributed by atoms with Crippen LogP contribution in [0.15, 0.2) is 53.4 Å². The Hall–Kier alpha value is -3.56. The number of aliphatic imine (C=N–C) groups is 1. The molecule has 0 spiro atoms. The molecule has 0 unspecified atom stereocenters. The number of morpholine rings is 1. The molecule has 0 atom stereocenters.